The topological polar surface area (TPSA) is 123 Å². The van der Waals surface area contributed by atoms with E-state index < -0.39 is 15.5 Å². The maximum atomic E-state index is 11.3. The molecule has 10 nitrogen and oxygen atoms in total. The van der Waals surface area contributed by atoms with Crippen molar-refractivity contribution in [2.24, 2.45) is 5.10 Å². The number of benzene rings is 3. The minimum atomic E-state index is -0.708. The van der Waals surface area contributed by atoms with E-state index in [1.807, 2.05) is 66.5 Å². The predicted molar refractivity (Wildman–Crippen MR) is 121 cm³/mol. The molecular formula is C22H17N5O5. The SMILES string of the molecule is CN1C(c2ccccc2)=C(/C=N/Nc2ccc([N+](=O)[O-])cc2[N+](=O)[O-])Oc2ccccc21. The lowest BCUT2D eigenvalue weighted by Crippen LogP contribution is -2.24. The van der Waals surface area contributed by atoms with Crippen molar-refractivity contribution in [2.75, 3.05) is 17.4 Å². The molecule has 0 aromatic heterocycles. The molecule has 10 heteroatoms. The molecule has 1 aliphatic heterocycles. The van der Waals surface area contributed by atoms with E-state index in [0.29, 0.717) is 11.5 Å². The summed E-state index contributed by atoms with van der Waals surface area (Å²) in [7, 11) is 1.91. The molecule has 0 fully saturated rings. The first kappa shape index (κ1) is 20.5. The third kappa shape index (κ3) is 3.97. The van der Waals surface area contributed by atoms with Gasteiger partial charge in [-0.3, -0.25) is 25.7 Å². The smallest absolute Gasteiger partial charge is 0.301 e. The normalized spacial score (nSPS) is 13.0. The number of anilines is 2. The Bertz CT molecular complexity index is 1260. The molecule has 0 unspecified atom stereocenters. The van der Waals surface area contributed by atoms with Crippen LogP contribution >= 0.6 is 0 Å². The number of nitro groups is 2. The highest BCUT2D eigenvalue weighted by Gasteiger charge is 2.25. The molecule has 1 aliphatic rings. The van der Waals surface area contributed by atoms with Crippen LogP contribution in [0.3, 0.4) is 0 Å². The first-order chi connectivity index (χ1) is 15.5. The zero-order chi connectivity index (χ0) is 22.7. The van der Waals surface area contributed by atoms with Crippen molar-refractivity contribution in [1.29, 1.82) is 0 Å². The van der Waals surface area contributed by atoms with E-state index in [4.69, 9.17) is 4.74 Å². The minimum Gasteiger partial charge on any atom is -0.451 e. The molecule has 0 aliphatic carbocycles. The molecule has 1 heterocycles. The number of nitro benzene ring substituents is 2. The van der Waals surface area contributed by atoms with Gasteiger partial charge in [0.15, 0.2) is 11.5 Å². The van der Waals surface area contributed by atoms with E-state index >= 15 is 0 Å². The number of rotatable bonds is 6. The molecule has 160 valence electrons. The van der Waals surface area contributed by atoms with Gasteiger partial charge < -0.3 is 9.64 Å². The predicted octanol–water partition coefficient (Wildman–Crippen LogP) is 4.80. The van der Waals surface area contributed by atoms with Crippen molar-refractivity contribution < 1.29 is 14.6 Å². The van der Waals surface area contributed by atoms with Gasteiger partial charge in [0.25, 0.3) is 5.69 Å². The van der Waals surface area contributed by atoms with Gasteiger partial charge in [0.2, 0.25) is 0 Å². The number of fused-ring (bicyclic) bond motifs is 1. The van der Waals surface area contributed by atoms with Gasteiger partial charge in [0.05, 0.1) is 33.5 Å². The number of hydrogen-bond acceptors (Lipinski definition) is 8. The Morgan fingerprint density at radius 1 is 0.969 bits per heavy atom. The summed E-state index contributed by atoms with van der Waals surface area (Å²) in [6.45, 7) is 0. The molecule has 0 spiro atoms. The fraction of sp³-hybridized carbons (Fsp3) is 0.0455. The molecule has 4 rings (SSSR count). The van der Waals surface area contributed by atoms with Gasteiger partial charge in [-0.05, 0) is 18.2 Å². The van der Waals surface area contributed by atoms with Crippen LogP contribution in [0.25, 0.3) is 5.70 Å². The molecule has 1 N–H and O–H groups in total. The highest BCUT2D eigenvalue weighted by molar-refractivity contribution is 5.97. The maximum absolute atomic E-state index is 11.3. The molecular weight excluding hydrogens is 414 g/mol. The van der Waals surface area contributed by atoms with E-state index in [9.17, 15) is 20.2 Å². The highest BCUT2D eigenvalue weighted by atomic mass is 16.6. The molecule has 0 atom stereocenters. The second-order valence-electron chi connectivity index (χ2n) is 6.79. The number of nitrogens with one attached hydrogen (secondary N) is 1. The van der Waals surface area contributed by atoms with Crippen molar-refractivity contribution in [1.82, 2.24) is 0 Å². The van der Waals surface area contributed by atoms with E-state index in [-0.39, 0.29) is 11.4 Å². The highest BCUT2D eigenvalue weighted by Crippen LogP contribution is 2.39. The standard InChI is InChI=1S/C22H17N5O5/c1-25-18-9-5-6-10-20(18)32-21(22(25)15-7-3-2-4-8-15)14-23-24-17-12-11-16(26(28)29)13-19(17)27(30)31/h2-14,24H,1H3/b23-14+. The lowest BCUT2D eigenvalue weighted by Gasteiger charge is -2.31. The van der Waals surface area contributed by atoms with Crippen LogP contribution in [0.4, 0.5) is 22.7 Å². The zero-order valence-electron chi connectivity index (χ0n) is 16.8. The van der Waals surface area contributed by atoms with Crippen LogP contribution in [-0.2, 0) is 0 Å². The van der Waals surface area contributed by atoms with Gasteiger partial charge >= 0.3 is 5.69 Å². The minimum absolute atomic E-state index is 0.0169. The van der Waals surface area contributed by atoms with Crippen LogP contribution < -0.4 is 15.1 Å². The van der Waals surface area contributed by atoms with Crippen LogP contribution in [0, 0.1) is 20.2 Å². The summed E-state index contributed by atoms with van der Waals surface area (Å²) in [5.74, 6) is 1.06. The van der Waals surface area contributed by atoms with Crippen molar-refractivity contribution in [3.8, 4) is 5.75 Å². The van der Waals surface area contributed by atoms with E-state index in [2.05, 4.69) is 10.5 Å². The van der Waals surface area contributed by atoms with Crippen LogP contribution in [0.5, 0.6) is 5.75 Å². The third-order valence-corrected chi connectivity index (χ3v) is 4.82. The lowest BCUT2D eigenvalue weighted by atomic mass is 10.1. The fourth-order valence-corrected chi connectivity index (χ4v) is 3.33. The van der Waals surface area contributed by atoms with Gasteiger partial charge in [-0.15, -0.1) is 0 Å². The van der Waals surface area contributed by atoms with Crippen molar-refractivity contribution in [3.63, 3.8) is 0 Å². The van der Waals surface area contributed by atoms with E-state index in [0.717, 1.165) is 23.0 Å². The Hall–Kier alpha value is -4.73. The van der Waals surface area contributed by atoms with Gasteiger partial charge in [0, 0.05) is 18.7 Å². The average molecular weight is 431 g/mol. The van der Waals surface area contributed by atoms with Gasteiger partial charge in [-0.2, -0.15) is 5.10 Å². The zero-order valence-corrected chi connectivity index (χ0v) is 16.8. The molecule has 3 aromatic rings. The summed E-state index contributed by atoms with van der Waals surface area (Å²) in [5, 5.41) is 26.4. The number of allylic oxidation sites excluding steroid dienone is 1. The quantitative estimate of drug-likeness (QED) is 0.338. The summed E-state index contributed by atoms with van der Waals surface area (Å²) in [6, 6.07) is 20.4. The molecule has 0 saturated carbocycles. The Labute approximate surface area is 182 Å². The largest absolute Gasteiger partial charge is 0.451 e. The van der Waals surface area contributed by atoms with E-state index in [1.165, 1.54) is 18.3 Å². The van der Waals surface area contributed by atoms with Crippen molar-refractivity contribution >= 4 is 34.7 Å². The van der Waals surface area contributed by atoms with Gasteiger partial charge in [0.1, 0.15) is 5.69 Å². The maximum Gasteiger partial charge on any atom is 0.301 e. The van der Waals surface area contributed by atoms with Crippen LogP contribution in [-0.4, -0.2) is 23.1 Å². The van der Waals surface area contributed by atoms with Gasteiger partial charge in [-0.25, -0.2) is 0 Å². The Morgan fingerprint density at radius 2 is 1.69 bits per heavy atom. The lowest BCUT2D eigenvalue weighted by molar-refractivity contribution is -0.393. The van der Waals surface area contributed by atoms with Crippen LogP contribution in [0.15, 0.2) is 83.7 Å². The molecule has 32 heavy (non-hydrogen) atoms. The Morgan fingerprint density at radius 3 is 2.41 bits per heavy atom. The van der Waals surface area contributed by atoms with Crippen LogP contribution in [0.2, 0.25) is 0 Å². The first-order valence-electron chi connectivity index (χ1n) is 9.48. The molecule has 0 amide bonds. The third-order valence-electron chi connectivity index (χ3n) is 4.82. The van der Waals surface area contributed by atoms with Gasteiger partial charge in [-0.1, -0.05) is 42.5 Å². The summed E-state index contributed by atoms with van der Waals surface area (Å²) < 4.78 is 6.06. The fourth-order valence-electron chi connectivity index (χ4n) is 3.33. The molecule has 0 saturated heterocycles. The number of non-ortho nitro benzene ring substituents is 1. The molecule has 3 aromatic carbocycles. The summed E-state index contributed by atoms with van der Waals surface area (Å²) in [6.07, 6.45) is 1.42. The number of hydrogen-bond donors (Lipinski definition) is 1. The Balaban J connectivity index is 1.70. The number of nitrogens with zero attached hydrogens (tertiary/aromatic N) is 4. The van der Waals surface area contributed by atoms with Crippen LogP contribution in [0.1, 0.15) is 5.56 Å². The number of ether oxygens (including phenoxy) is 1. The summed E-state index contributed by atoms with van der Waals surface area (Å²) in [5.41, 5.74) is 4.30. The van der Waals surface area contributed by atoms with E-state index in [1.54, 1.807) is 0 Å². The number of para-hydroxylation sites is 2. The molecule has 0 radical (unpaired) electrons. The Kier molecular flexibility index (Phi) is 5.49. The summed E-state index contributed by atoms with van der Waals surface area (Å²) >= 11 is 0. The second-order valence-corrected chi connectivity index (χ2v) is 6.79. The molecule has 0 bridgehead atoms. The monoisotopic (exact) mass is 431 g/mol. The second kappa shape index (κ2) is 8.56. The summed E-state index contributed by atoms with van der Waals surface area (Å²) in [4.78, 5) is 22.8. The number of hydrazone groups is 1. The van der Waals surface area contributed by atoms with Crippen molar-refractivity contribution in [3.05, 3.63) is 104 Å². The van der Waals surface area contributed by atoms with Crippen molar-refractivity contribution in [2.45, 2.75) is 0 Å². The first-order valence-corrected chi connectivity index (χ1v) is 9.48. The average Bonchev–Trinajstić information content (AvgIpc) is 2.80.